The maximum atomic E-state index is 13.0. The van der Waals surface area contributed by atoms with Crippen molar-refractivity contribution in [2.75, 3.05) is 13.1 Å². The van der Waals surface area contributed by atoms with Crippen molar-refractivity contribution >= 4 is 17.5 Å². The lowest BCUT2D eigenvalue weighted by molar-refractivity contribution is -0.128. The van der Waals surface area contributed by atoms with Gasteiger partial charge in [-0.15, -0.1) is 0 Å². The molecule has 1 aliphatic rings. The highest BCUT2D eigenvalue weighted by Crippen LogP contribution is 2.22. The van der Waals surface area contributed by atoms with Gasteiger partial charge in [0.1, 0.15) is 5.82 Å². The zero-order valence-corrected chi connectivity index (χ0v) is 10.8. The average molecular weight is 283 g/mol. The quantitative estimate of drug-likeness (QED) is 0.475. The Morgan fingerprint density at radius 1 is 1.58 bits per heavy atom. The molecule has 1 aromatic rings. The number of azide groups is 1. The van der Waals surface area contributed by atoms with E-state index in [9.17, 15) is 9.18 Å². The van der Waals surface area contributed by atoms with E-state index < -0.39 is 5.82 Å². The Balaban J connectivity index is 2.01. The van der Waals surface area contributed by atoms with Gasteiger partial charge >= 0.3 is 0 Å². The summed E-state index contributed by atoms with van der Waals surface area (Å²) in [5.74, 6) is -0.405. The summed E-state index contributed by atoms with van der Waals surface area (Å²) in [4.78, 5) is 16.1. The molecule has 1 atom stereocenters. The number of halogens is 2. The minimum atomic E-state index is -0.473. The molecule has 7 heteroatoms. The number of benzene rings is 1. The highest BCUT2D eigenvalue weighted by Gasteiger charge is 2.28. The van der Waals surface area contributed by atoms with Crippen molar-refractivity contribution in [1.29, 1.82) is 0 Å². The molecule has 1 unspecified atom stereocenters. The second-order valence-corrected chi connectivity index (χ2v) is 4.91. The molecule has 0 aromatic heterocycles. The maximum absolute atomic E-state index is 13.0. The first-order chi connectivity index (χ1) is 9.10. The number of amides is 1. The van der Waals surface area contributed by atoms with Gasteiger partial charge in [-0.3, -0.25) is 4.79 Å². The second-order valence-electron chi connectivity index (χ2n) is 4.51. The van der Waals surface area contributed by atoms with E-state index in [1.165, 1.54) is 12.1 Å². The molecular formula is C12H12ClFN4O. The molecular weight excluding hydrogens is 271 g/mol. The number of nitrogens with zero attached hydrogens (tertiary/aromatic N) is 4. The van der Waals surface area contributed by atoms with Crippen molar-refractivity contribution in [3.8, 4) is 0 Å². The van der Waals surface area contributed by atoms with Crippen LogP contribution in [0.2, 0.25) is 5.02 Å². The van der Waals surface area contributed by atoms with Gasteiger partial charge in [0.25, 0.3) is 0 Å². The van der Waals surface area contributed by atoms with Crippen molar-refractivity contribution in [2.24, 2.45) is 11.0 Å². The van der Waals surface area contributed by atoms with Gasteiger partial charge in [0.2, 0.25) is 5.91 Å². The summed E-state index contributed by atoms with van der Waals surface area (Å²) in [7, 11) is 0. The van der Waals surface area contributed by atoms with Crippen LogP contribution >= 0.6 is 11.6 Å². The number of hydrogen-bond acceptors (Lipinski definition) is 2. The first-order valence-electron chi connectivity index (χ1n) is 5.82. The topological polar surface area (TPSA) is 69.1 Å². The van der Waals surface area contributed by atoms with Crippen LogP contribution in [0, 0.1) is 11.7 Å². The molecule has 5 nitrogen and oxygen atoms in total. The van der Waals surface area contributed by atoms with Crippen LogP contribution < -0.4 is 0 Å². The fraction of sp³-hybridized carbons (Fsp3) is 0.417. The largest absolute Gasteiger partial charge is 0.338 e. The lowest BCUT2D eigenvalue weighted by atomic mass is 10.1. The zero-order chi connectivity index (χ0) is 13.8. The molecule has 1 heterocycles. The summed E-state index contributed by atoms with van der Waals surface area (Å²) in [5.41, 5.74) is 9.04. The molecule has 1 saturated heterocycles. The maximum Gasteiger partial charge on any atom is 0.223 e. The van der Waals surface area contributed by atoms with E-state index in [0.29, 0.717) is 26.1 Å². The molecule has 0 bridgehead atoms. The minimum absolute atomic E-state index is 0.0126. The molecule has 0 spiro atoms. The zero-order valence-electron chi connectivity index (χ0n) is 10.1. The van der Waals surface area contributed by atoms with Gasteiger partial charge in [-0.2, -0.15) is 0 Å². The standard InChI is InChI=1S/C12H12ClFN4O/c13-10-3-8(1-2-11(10)14)6-18-7-9(4-12(18)19)5-16-17-15/h1-3,9H,4-7H2. The van der Waals surface area contributed by atoms with E-state index in [4.69, 9.17) is 17.1 Å². The molecule has 1 amide bonds. The third-order valence-corrected chi connectivity index (χ3v) is 3.34. The molecule has 1 fully saturated rings. The van der Waals surface area contributed by atoms with Gasteiger partial charge in [0.15, 0.2) is 0 Å². The Kier molecular flexibility index (Phi) is 4.24. The minimum Gasteiger partial charge on any atom is -0.338 e. The Morgan fingerprint density at radius 3 is 3.05 bits per heavy atom. The van der Waals surface area contributed by atoms with Gasteiger partial charge in [-0.25, -0.2) is 4.39 Å². The Morgan fingerprint density at radius 2 is 2.37 bits per heavy atom. The SMILES string of the molecule is [N-]=[N+]=NCC1CC(=O)N(Cc2ccc(F)c(Cl)c2)C1. The normalized spacial score (nSPS) is 18.5. The van der Waals surface area contributed by atoms with Crippen LogP contribution in [-0.4, -0.2) is 23.9 Å². The van der Waals surface area contributed by atoms with Crippen LogP contribution in [0.5, 0.6) is 0 Å². The summed E-state index contributed by atoms with van der Waals surface area (Å²) in [6.07, 6.45) is 0.383. The number of carbonyl (C=O) groups excluding carboxylic acids is 1. The fourth-order valence-corrected chi connectivity index (χ4v) is 2.34. The van der Waals surface area contributed by atoms with E-state index in [2.05, 4.69) is 10.0 Å². The van der Waals surface area contributed by atoms with Gasteiger partial charge in [-0.1, -0.05) is 22.8 Å². The number of hydrogen-bond donors (Lipinski definition) is 0. The summed E-state index contributed by atoms with van der Waals surface area (Å²) >= 11 is 5.70. The molecule has 1 aliphatic heterocycles. The van der Waals surface area contributed by atoms with Crippen LogP contribution in [-0.2, 0) is 11.3 Å². The third-order valence-electron chi connectivity index (χ3n) is 3.06. The molecule has 100 valence electrons. The van der Waals surface area contributed by atoms with Crippen LogP contribution in [0.4, 0.5) is 4.39 Å². The van der Waals surface area contributed by atoms with Crippen molar-refractivity contribution in [1.82, 2.24) is 4.90 Å². The summed E-state index contributed by atoms with van der Waals surface area (Å²) in [5, 5.41) is 3.54. The van der Waals surface area contributed by atoms with Gasteiger partial charge in [-0.05, 0) is 29.1 Å². The monoisotopic (exact) mass is 282 g/mol. The third kappa shape index (κ3) is 3.36. The molecule has 0 N–H and O–H groups in total. The van der Waals surface area contributed by atoms with Crippen LogP contribution in [0.3, 0.4) is 0 Å². The predicted molar refractivity (Wildman–Crippen MR) is 68.9 cm³/mol. The molecule has 0 aliphatic carbocycles. The summed E-state index contributed by atoms with van der Waals surface area (Å²) < 4.78 is 13.0. The fourth-order valence-electron chi connectivity index (χ4n) is 2.14. The Hall–Kier alpha value is -1.78. The van der Waals surface area contributed by atoms with E-state index in [1.807, 2.05) is 0 Å². The molecule has 0 radical (unpaired) electrons. The molecule has 2 rings (SSSR count). The summed E-state index contributed by atoms with van der Waals surface area (Å²) in [6.45, 7) is 1.27. The van der Waals surface area contributed by atoms with Gasteiger partial charge < -0.3 is 4.90 Å². The van der Waals surface area contributed by atoms with E-state index in [1.54, 1.807) is 11.0 Å². The van der Waals surface area contributed by atoms with Gasteiger partial charge in [0.05, 0.1) is 5.02 Å². The predicted octanol–water partition coefficient (Wildman–Crippen LogP) is 3.14. The van der Waals surface area contributed by atoms with E-state index >= 15 is 0 Å². The average Bonchev–Trinajstić information content (AvgIpc) is 2.72. The van der Waals surface area contributed by atoms with Crippen LogP contribution in [0.1, 0.15) is 12.0 Å². The number of rotatable bonds is 4. The van der Waals surface area contributed by atoms with Crippen molar-refractivity contribution in [3.63, 3.8) is 0 Å². The highest BCUT2D eigenvalue weighted by atomic mass is 35.5. The van der Waals surface area contributed by atoms with E-state index in [-0.39, 0.29) is 16.8 Å². The van der Waals surface area contributed by atoms with Crippen molar-refractivity contribution in [3.05, 3.63) is 45.0 Å². The molecule has 19 heavy (non-hydrogen) atoms. The Labute approximate surface area is 114 Å². The second kappa shape index (κ2) is 5.91. The van der Waals surface area contributed by atoms with E-state index in [0.717, 1.165) is 5.56 Å². The molecule has 0 saturated carbocycles. The number of likely N-dealkylation sites (tertiary alicyclic amines) is 1. The summed E-state index contributed by atoms with van der Waals surface area (Å²) in [6, 6.07) is 4.41. The van der Waals surface area contributed by atoms with Crippen LogP contribution in [0.15, 0.2) is 23.3 Å². The van der Waals surface area contributed by atoms with Crippen molar-refractivity contribution < 1.29 is 9.18 Å². The first-order valence-corrected chi connectivity index (χ1v) is 6.20. The lowest BCUT2D eigenvalue weighted by Gasteiger charge is -2.16. The Bertz CT molecular complexity index is 545. The van der Waals surface area contributed by atoms with Gasteiger partial charge in [0, 0.05) is 31.0 Å². The van der Waals surface area contributed by atoms with Crippen molar-refractivity contribution in [2.45, 2.75) is 13.0 Å². The molecule has 1 aromatic carbocycles. The first kappa shape index (κ1) is 13.6. The van der Waals surface area contributed by atoms with Crippen LogP contribution in [0.25, 0.3) is 10.4 Å². The number of carbonyl (C=O) groups is 1. The lowest BCUT2D eigenvalue weighted by Crippen LogP contribution is -2.24. The smallest absolute Gasteiger partial charge is 0.223 e. The highest BCUT2D eigenvalue weighted by molar-refractivity contribution is 6.30.